The maximum Gasteiger partial charge on any atom is 0.256 e. The zero-order valence-corrected chi connectivity index (χ0v) is 10.4. The molecule has 0 saturated heterocycles. The van der Waals surface area contributed by atoms with Gasteiger partial charge >= 0.3 is 0 Å². The molecule has 1 aromatic rings. The number of carbonyl (C=O) groups is 2. The second kappa shape index (κ2) is 4.25. The third-order valence-electron chi connectivity index (χ3n) is 2.49. The fourth-order valence-electron chi connectivity index (χ4n) is 1.66. The van der Waals surface area contributed by atoms with Crippen LogP contribution >= 0.6 is 15.9 Å². The summed E-state index contributed by atoms with van der Waals surface area (Å²) in [4.78, 5) is 25.1. The first-order valence-electron chi connectivity index (χ1n) is 5.00. The van der Waals surface area contributed by atoms with E-state index in [1.807, 2.05) is 6.92 Å². The lowest BCUT2D eigenvalue weighted by Gasteiger charge is -2.16. The zero-order chi connectivity index (χ0) is 11.7. The second-order valence-corrected chi connectivity index (χ2v) is 4.47. The average Bonchev–Trinajstić information content (AvgIpc) is 2.37. The molecule has 0 unspecified atom stereocenters. The fourth-order valence-corrected chi connectivity index (χ4v) is 2.02. The van der Waals surface area contributed by atoms with Gasteiger partial charge in [-0.3, -0.25) is 9.59 Å². The Morgan fingerprint density at radius 1 is 1.44 bits per heavy atom. The van der Waals surface area contributed by atoms with E-state index in [9.17, 15) is 9.59 Å². The molecule has 16 heavy (non-hydrogen) atoms. The third kappa shape index (κ3) is 1.95. The highest BCUT2D eigenvalue weighted by molar-refractivity contribution is 9.10. The zero-order valence-electron chi connectivity index (χ0n) is 8.79. The van der Waals surface area contributed by atoms with E-state index < -0.39 is 0 Å². The molecule has 0 bridgehead atoms. The molecule has 0 fully saturated rings. The van der Waals surface area contributed by atoms with Gasteiger partial charge in [-0.25, -0.2) is 0 Å². The predicted octanol–water partition coefficient (Wildman–Crippen LogP) is 1.86. The Labute approximate surface area is 102 Å². The molecular formula is C11H11BrN2O2. The van der Waals surface area contributed by atoms with Crippen LogP contribution in [0.5, 0.6) is 0 Å². The van der Waals surface area contributed by atoms with E-state index in [-0.39, 0.29) is 18.4 Å². The van der Waals surface area contributed by atoms with Crippen LogP contribution in [0.3, 0.4) is 0 Å². The Morgan fingerprint density at radius 3 is 2.88 bits per heavy atom. The van der Waals surface area contributed by atoms with Crippen molar-refractivity contribution in [1.82, 2.24) is 4.90 Å². The highest BCUT2D eigenvalue weighted by atomic mass is 79.9. The Balaban J connectivity index is 2.51. The van der Waals surface area contributed by atoms with Crippen molar-refractivity contribution >= 4 is 33.4 Å². The molecule has 0 aromatic heterocycles. The molecule has 1 heterocycles. The molecule has 1 N–H and O–H groups in total. The molecule has 84 valence electrons. The molecule has 1 aliphatic rings. The number of rotatable bonds is 1. The molecule has 4 nitrogen and oxygen atoms in total. The van der Waals surface area contributed by atoms with Crippen molar-refractivity contribution < 1.29 is 9.59 Å². The van der Waals surface area contributed by atoms with Crippen molar-refractivity contribution in [2.75, 3.05) is 18.4 Å². The third-order valence-corrected chi connectivity index (χ3v) is 2.98. The van der Waals surface area contributed by atoms with Crippen LogP contribution in [0, 0.1) is 0 Å². The van der Waals surface area contributed by atoms with Crippen LogP contribution < -0.4 is 5.32 Å². The van der Waals surface area contributed by atoms with Crippen molar-refractivity contribution in [3.8, 4) is 0 Å². The minimum absolute atomic E-state index is 0.113. The molecule has 2 rings (SSSR count). The van der Waals surface area contributed by atoms with Gasteiger partial charge in [-0.15, -0.1) is 0 Å². The number of amides is 2. The number of hydrogen-bond acceptors (Lipinski definition) is 2. The minimum atomic E-state index is -0.156. The molecule has 1 aromatic carbocycles. The van der Waals surface area contributed by atoms with E-state index in [0.717, 1.165) is 4.47 Å². The molecule has 2 amide bonds. The van der Waals surface area contributed by atoms with E-state index in [0.29, 0.717) is 17.8 Å². The quantitative estimate of drug-likeness (QED) is 0.855. The summed E-state index contributed by atoms with van der Waals surface area (Å²) in [7, 11) is 0. The molecule has 5 heteroatoms. The molecule has 0 spiro atoms. The predicted molar refractivity (Wildman–Crippen MR) is 64.3 cm³/mol. The number of likely N-dealkylation sites (N-methyl/N-ethyl adjacent to an activating group) is 1. The van der Waals surface area contributed by atoms with Gasteiger partial charge in [0.1, 0.15) is 6.54 Å². The number of halogens is 1. The van der Waals surface area contributed by atoms with Gasteiger partial charge in [0.25, 0.3) is 5.91 Å². The van der Waals surface area contributed by atoms with Crippen LogP contribution in [0.25, 0.3) is 0 Å². The molecule has 0 saturated carbocycles. The van der Waals surface area contributed by atoms with Crippen LogP contribution in [0.1, 0.15) is 17.3 Å². The van der Waals surface area contributed by atoms with Crippen molar-refractivity contribution in [2.45, 2.75) is 6.92 Å². The molecular weight excluding hydrogens is 272 g/mol. The van der Waals surface area contributed by atoms with Crippen molar-refractivity contribution in [2.24, 2.45) is 0 Å². The minimum Gasteiger partial charge on any atom is -0.330 e. The first kappa shape index (κ1) is 11.1. The lowest BCUT2D eigenvalue weighted by molar-refractivity contribution is -0.116. The van der Waals surface area contributed by atoms with E-state index in [2.05, 4.69) is 21.2 Å². The number of nitrogens with one attached hydrogen (secondary N) is 1. The van der Waals surface area contributed by atoms with E-state index in [1.54, 1.807) is 18.2 Å². The van der Waals surface area contributed by atoms with Crippen LogP contribution in [0.2, 0.25) is 0 Å². The first-order valence-corrected chi connectivity index (χ1v) is 5.79. The Morgan fingerprint density at radius 2 is 2.19 bits per heavy atom. The SMILES string of the molecule is CCN1CC(=O)Nc2ccc(Br)cc2C1=O. The van der Waals surface area contributed by atoms with Crippen LogP contribution in [-0.4, -0.2) is 29.8 Å². The van der Waals surface area contributed by atoms with Crippen molar-refractivity contribution in [3.63, 3.8) is 0 Å². The normalized spacial score (nSPS) is 15.5. The number of benzene rings is 1. The summed E-state index contributed by atoms with van der Waals surface area (Å²) in [6.45, 7) is 2.49. The Kier molecular flexibility index (Phi) is 2.96. The summed E-state index contributed by atoms with van der Waals surface area (Å²) in [6.07, 6.45) is 0. The highest BCUT2D eigenvalue weighted by Gasteiger charge is 2.24. The van der Waals surface area contributed by atoms with Crippen LogP contribution in [0.15, 0.2) is 22.7 Å². The molecule has 0 aliphatic carbocycles. The van der Waals surface area contributed by atoms with Gasteiger partial charge in [-0.1, -0.05) is 15.9 Å². The second-order valence-electron chi connectivity index (χ2n) is 3.56. The van der Waals surface area contributed by atoms with Crippen molar-refractivity contribution in [1.29, 1.82) is 0 Å². The first-order chi connectivity index (χ1) is 7.61. The van der Waals surface area contributed by atoms with E-state index in [1.165, 1.54) is 4.90 Å². The molecule has 0 radical (unpaired) electrons. The Hall–Kier alpha value is -1.36. The van der Waals surface area contributed by atoms with Crippen LogP contribution in [0.4, 0.5) is 5.69 Å². The smallest absolute Gasteiger partial charge is 0.256 e. The lowest BCUT2D eigenvalue weighted by Crippen LogP contribution is -2.34. The topological polar surface area (TPSA) is 49.4 Å². The highest BCUT2D eigenvalue weighted by Crippen LogP contribution is 2.24. The van der Waals surface area contributed by atoms with Crippen LogP contribution in [-0.2, 0) is 4.79 Å². The number of hydrogen-bond donors (Lipinski definition) is 1. The summed E-state index contributed by atoms with van der Waals surface area (Å²) in [6, 6.07) is 5.26. The summed E-state index contributed by atoms with van der Waals surface area (Å²) in [5.74, 6) is -0.270. The average molecular weight is 283 g/mol. The van der Waals surface area contributed by atoms with Gasteiger partial charge in [0.2, 0.25) is 5.91 Å². The maximum absolute atomic E-state index is 12.1. The summed E-state index contributed by atoms with van der Waals surface area (Å²) >= 11 is 3.32. The van der Waals surface area contributed by atoms with Gasteiger partial charge in [0, 0.05) is 11.0 Å². The largest absolute Gasteiger partial charge is 0.330 e. The van der Waals surface area contributed by atoms with Gasteiger partial charge in [0.05, 0.1) is 11.3 Å². The fraction of sp³-hybridized carbons (Fsp3) is 0.273. The summed E-state index contributed by atoms with van der Waals surface area (Å²) < 4.78 is 0.826. The van der Waals surface area contributed by atoms with Crippen molar-refractivity contribution in [3.05, 3.63) is 28.2 Å². The number of carbonyl (C=O) groups excluding carboxylic acids is 2. The number of nitrogens with zero attached hydrogens (tertiary/aromatic N) is 1. The number of fused-ring (bicyclic) bond motifs is 1. The monoisotopic (exact) mass is 282 g/mol. The van der Waals surface area contributed by atoms with Gasteiger partial charge in [-0.05, 0) is 25.1 Å². The maximum atomic E-state index is 12.1. The number of anilines is 1. The standard InChI is InChI=1S/C11H11BrN2O2/c1-2-14-6-10(15)13-9-4-3-7(12)5-8(9)11(14)16/h3-5H,2,6H2,1H3,(H,13,15). The molecule has 1 aliphatic heterocycles. The summed E-state index contributed by atoms with van der Waals surface area (Å²) in [5, 5.41) is 2.72. The van der Waals surface area contributed by atoms with E-state index in [4.69, 9.17) is 0 Å². The van der Waals surface area contributed by atoms with Gasteiger partial charge in [0.15, 0.2) is 0 Å². The molecule has 0 atom stereocenters. The van der Waals surface area contributed by atoms with Gasteiger partial charge < -0.3 is 10.2 Å². The van der Waals surface area contributed by atoms with E-state index >= 15 is 0 Å². The summed E-state index contributed by atoms with van der Waals surface area (Å²) in [5.41, 5.74) is 1.11. The Bertz CT molecular complexity index is 459. The lowest BCUT2D eigenvalue weighted by atomic mass is 10.1. The van der Waals surface area contributed by atoms with Gasteiger partial charge in [-0.2, -0.15) is 0 Å².